The molecule has 0 fully saturated rings. The summed E-state index contributed by atoms with van der Waals surface area (Å²) >= 11 is 0. The molecule has 31 heavy (non-hydrogen) atoms. The van der Waals surface area contributed by atoms with Gasteiger partial charge in [0.25, 0.3) is 0 Å². The van der Waals surface area contributed by atoms with Gasteiger partial charge in [-0.15, -0.1) is 0 Å². The van der Waals surface area contributed by atoms with Gasteiger partial charge in [0, 0.05) is 34.9 Å². The Morgan fingerprint density at radius 3 is 2.55 bits per heavy atom. The van der Waals surface area contributed by atoms with Crippen molar-refractivity contribution in [2.24, 2.45) is 0 Å². The first-order valence-corrected chi connectivity index (χ1v) is 10.3. The molecule has 0 aliphatic heterocycles. The van der Waals surface area contributed by atoms with E-state index in [-0.39, 0.29) is 25.3 Å². The molecule has 6 heteroatoms. The van der Waals surface area contributed by atoms with E-state index in [0.717, 1.165) is 38.6 Å². The third-order valence-electron chi connectivity index (χ3n) is 5.81. The molecule has 0 spiro atoms. The summed E-state index contributed by atoms with van der Waals surface area (Å²) in [5.74, 6) is -0.230. The minimum absolute atomic E-state index is 0.116. The van der Waals surface area contributed by atoms with Crippen LogP contribution in [-0.4, -0.2) is 17.6 Å². The van der Waals surface area contributed by atoms with Crippen molar-refractivity contribution in [3.8, 4) is 0 Å². The molecule has 0 aliphatic rings. The van der Waals surface area contributed by atoms with Crippen LogP contribution in [-0.2, 0) is 11.2 Å². The number of aryl methyl sites for hydroxylation is 3. The second-order valence-electron chi connectivity index (χ2n) is 7.90. The van der Waals surface area contributed by atoms with Gasteiger partial charge >= 0.3 is 5.63 Å². The van der Waals surface area contributed by atoms with Crippen molar-refractivity contribution in [2.45, 2.75) is 39.7 Å². The first-order chi connectivity index (χ1) is 14.9. The maximum Gasteiger partial charge on any atom is 0.339 e. The van der Waals surface area contributed by atoms with Gasteiger partial charge in [0.05, 0.1) is 12.4 Å². The molecule has 6 nitrogen and oxygen atoms in total. The lowest BCUT2D eigenvalue weighted by molar-refractivity contribution is -0.121. The van der Waals surface area contributed by atoms with Gasteiger partial charge in [-0.1, -0.05) is 30.3 Å². The average molecular weight is 419 g/mol. The van der Waals surface area contributed by atoms with Crippen molar-refractivity contribution in [1.82, 2.24) is 5.32 Å². The normalized spacial score (nSPS) is 12.4. The molecule has 1 amide bonds. The lowest BCUT2D eigenvalue weighted by Crippen LogP contribution is -2.29. The zero-order valence-corrected chi connectivity index (χ0v) is 17.8. The number of hydrogen-bond acceptors (Lipinski definition) is 5. The summed E-state index contributed by atoms with van der Waals surface area (Å²) < 4.78 is 11.2. The van der Waals surface area contributed by atoms with Crippen LogP contribution in [0.3, 0.4) is 0 Å². The maximum absolute atomic E-state index is 12.6. The summed E-state index contributed by atoms with van der Waals surface area (Å²) in [6.07, 6.45) is 1.31. The van der Waals surface area contributed by atoms with Crippen LogP contribution in [0.4, 0.5) is 0 Å². The average Bonchev–Trinajstić information content (AvgIpc) is 3.14. The number of benzene rings is 2. The van der Waals surface area contributed by atoms with Gasteiger partial charge in [0.2, 0.25) is 5.91 Å². The van der Waals surface area contributed by atoms with Gasteiger partial charge in [-0.05, 0) is 49.9 Å². The van der Waals surface area contributed by atoms with Gasteiger partial charge in [0.1, 0.15) is 11.2 Å². The minimum Gasteiger partial charge on any atom is -0.464 e. The van der Waals surface area contributed by atoms with Crippen LogP contribution < -0.4 is 10.9 Å². The van der Waals surface area contributed by atoms with Crippen LogP contribution in [0.1, 0.15) is 40.3 Å². The topological polar surface area (TPSA) is 92.7 Å². The molecule has 2 aromatic carbocycles. The summed E-state index contributed by atoms with van der Waals surface area (Å²) in [7, 11) is 0. The number of amides is 1. The van der Waals surface area contributed by atoms with E-state index in [2.05, 4.69) is 5.32 Å². The van der Waals surface area contributed by atoms with Crippen molar-refractivity contribution in [1.29, 1.82) is 0 Å². The maximum atomic E-state index is 12.6. The Morgan fingerprint density at radius 1 is 1.06 bits per heavy atom. The second kappa shape index (κ2) is 8.40. The van der Waals surface area contributed by atoms with Crippen LogP contribution in [0.2, 0.25) is 0 Å². The summed E-state index contributed by atoms with van der Waals surface area (Å²) in [4.78, 5) is 25.0. The summed E-state index contributed by atoms with van der Waals surface area (Å²) in [6.45, 7) is 5.85. The number of nitrogens with one attached hydrogen (secondary N) is 1. The summed E-state index contributed by atoms with van der Waals surface area (Å²) in [6, 6.07) is 11.1. The summed E-state index contributed by atoms with van der Waals surface area (Å²) in [5.41, 5.74) is 4.65. The molecule has 4 aromatic rings. The second-order valence-corrected chi connectivity index (χ2v) is 7.90. The molecule has 2 aromatic heterocycles. The van der Waals surface area contributed by atoms with E-state index in [0.29, 0.717) is 11.1 Å². The Labute approximate surface area is 179 Å². The number of fused-ring (bicyclic) bond motifs is 2. The van der Waals surface area contributed by atoms with Gasteiger partial charge in [-0.25, -0.2) is 4.79 Å². The van der Waals surface area contributed by atoms with E-state index in [4.69, 9.17) is 8.83 Å². The molecule has 2 N–H and O–H groups in total. The van der Waals surface area contributed by atoms with E-state index >= 15 is 0 Å². The highest BCUT2D eigenvalue weighted by molar-refractivity contribution is 5.99. The first-order valence-electron chi connectivity index (χ1n) is 10.3. The number of aliphatic hydroxyl groups excluding tert-OH is 1. The molecule has 0 saturated heterocycles. The molecule has 0 unspecified atom stereocenters. The fourth-order valence-electron chi connectivity index (χ4n) is 3.94. The quantitative estimate of drug-likeness (QED) is 0.456. The SMILES string of the molecule is Cc1coc2c(C)c3oc(=O)c(CCC(=O)NC[C@@H](O)c4ccccc4)c(C)c3cc12. The highest BCUT2D eigenvalue weighted by Crippen LogP contribution is 2.32. The molecule has 1 atom stereocenters. The predicted molar refractivity (Wildman–Crippen MR) is 119 cm³/mol. The molecule has 0 aliphatic carbocycles. The number of carbonyl (C=O) groups excluding carboxylic acids is 1. The van der Waals surface area contributed by atoms with Crippen LogP contribution in [0, 0.1) is 20.8 Å². The Morgan fingerprint density at radius 2 is 1.81 bits per heavy atom. The van der Waals surface area contributed by atoms with E-state index < -0.39 is 11.7 Å². The predicted octanol–water partition coefficient (Wildman–Crippen LogP) is 4.25. The number of furan rings is 1. The lowest BCUT2D eigenvalue weighted by atomic mass is 9.98. The first kappa shape index (κ1) is 20.9. The summed E-state index contributed by atoms with van der Waals surface area (Å²) in [5, 5.41) is 14.8. The highest BCUT2D eigenvalue weighted by Gasteiger charge is 2.18. The van der Waals surface area contributed by atoms with Crippen molar-refractivity contribution in [2.75, 3.05) is 6.54 Å². The van der Waals surface area contributed by atoms with Crippen LogP contribution in [0.15, 0.2) is 56.3 Å². The zero-order valence-electron chi connectivity index (χ0n) is 17.8. The van der Waals surface area contributed by atoms with Gasteiger partial charge in [-0.2, -0.15) is 0 Å². The van der Waals surface area contributed by atoms with E-state index in [1.54, 1.807) is 18.4 Å². The van der Waals surface area contributed by atoms with Crippen molar-refractivity contribution >= 4 is 27.8 Å². The van der Waals surface area contributed by atoms with Crippen LogP contribution in [0.25, 0.3) is 21.9 Å². The number of aliphatic hydroxyl groups is 1. The van der Waals surface area contributed by atoms with Crippen molar-refractivity contribution in [3.05, 3.63) is 80.9 Å². The minimum atomic E-state index is -0.777. The third-order valence-corrected chi connectivity index (χ3v) is 5.81. The Hall–Kier alpha value is -3.38. The fraction of sp³-hybridized carbons (Fsp3) is 0.280. The molecule has 2 heterocycles. The van der Waals surface area contributed by atoms with Gasteiger partial charge in [-0.3, -0.25) is 4.79 Å². The molecule has 4 rings (SSSR count). The monoisotopic (exact) mass is 419 g/mol. The number of carbonyl (C=O) groups is 1. The van der Waals surface area contributed by atoms with Crippen LogP contribution >= 0.6 is 0 Å². The van der Waals surface area contributed by atoms with Gasteiger partial charge in [0.15, 0.2) is 0 Å². The number of hydrogen-bond donors (Lipinski definition) is 2. The standard InChI is InChI=1S/C25H25NO5/c1-14-13-30-23-16(3)24-20(11-19(14)23)15(2)18(25(29)31-24)9-10-22(28)26-12-21(27)17-7-5-4-6-8-17/h4-8,11,13,21,27H,9-10,12H2,1-3H3,(H,26,28)/t21-/m1/s1. The molecule has 0 radical (unpaired) electrons. The van der Waals surface area contributed by atoms with Crippen molar-refractivity contribution < 1.29 is 18.7 Å². The molecule has 0 saturated carbocycles. The Kier molecular flexibility index (Phi) is 5.65. The zero-order chi connectivity index (χ0) is 22.1. The number of rotatable bonds is 6. The molecule has 0 bridgehead atoms. The van der Waals surface area contributed by atoms with E-state index in [9.17, 15) is 14.7 Å². The van der Waals surface area contributed by atoms with Crippen molar-refractivity contribution in [3.63, 3.8) is 0 Å². The van der Waals surface area contributed by atoms with Crippen LogP contribution in [0.5, 0.6) is 0 Å². The molecular formula is C25H25NO5. The Balaban J connectivity index is 1.52. The smallest absolute Gasteiger partial charge is 0.339 e. The Bertz CT molecular complexity index is 1320. The molecular weight excluding hydrogens is 394 g/mol. The largest absolute Gasteiger partial charge is 0.464 e. The highest BCUT2D eigenvalue weighted by atomic mass is 16.4. The lowest BCUT2D eigenvalue weighted by Gasteiger charge is -2.13. The fourth-order valence-corrected chi connectivity index (χ4v) is 3.94. The molecule has 160 valence electrons. The van der Waals surface area contributed by atoms with Gasteiger partial charge < -0.3 is 19.3 Å². The van der Waals surface area contributed by atoms with E-state index in [1.807, 2.05) is 45.0 Å². The third kappa shape index (κ3) is 3.99. The van der Waals surface area contributed by atoms with E-state index in [1.165, 1.54) is 0 Å².